The minimum Gasteiger partial charge on any atom is -0.504 e. The van der Waals surface area contributed by atoms with Crippen LogP contribution in [0.2, 0.25) is 0 Å². The molecule has 1 saturated carbocycles. The maximum atomic E-state index is 9.61. The highest BCUT2D eigenvalue weighted by Gasteiger charge is 2.44. The van der Waals surface area contributed by atoms with Crippen molar-refractivity contribution < 1.29 is 10.2 Å². The van der Waals surface area contributed by atoms with Crippen LogP contribution >= 0.6 is 0 Å². The molecule has 2 rings (SSSR count). The highest BCUT2D eigenvalue weighted by Crippen LogP contribution is 2.50. The Bertz CT molecular complexity index is 332. The van der Waals surface area contributed by atoms with Crippen molar-refractivity contribution in [3.05, 3.63) is 23.8 Å². The second-order valence-corrected chi connectivity index (χ2v) is 3.51. The zero-order valence-electron chi connectivity index (χ0n) is 7.54. The van der Waals surface area contributed by atoms with Gasteiger partial charge in [0.2, 0.25) is 0 Å². The summed E-state index contributed by atoms with van der Waals surface area (Å²) >= 11 is 0. The van der Waals surface area contributed by atoms with Gasteiger partial charge in [-0.3, -0.25) is 0 Å². The van der Waals surface area contributed by atoms with Gasteiger partial charge in [0, 0.05) is 11.1 Å². The second-order valence-electron chi connectivity index (χ2n) is 3.51. The Kier molecular flexibility index (Phi) is 1.70. The Morgan fingerprint density at radius 1 is 1.31 bits per heavy atom. The summed E-state index contributed by atoms with van der Waals surface area (Å²) in [7, 11) is 1.87. The van der Waals surface area contributed by atoms with Crippen LogP contribution in [0.1, 0.15) is 18.4 Å². The largest absolute Gasteiger partial charge is 0.504 e. The van der Waals surface area contributed by atoms with E-state index in [9.17, 15) is 10.2 Å². The predicted octanol–water partition coefficient (Wildman–Crippen LogP) is 1.31. The number of para-hydroxylation sites is 1. The predicted molar refractivity (Wildman–Crippen MR) is 49.7 cm³/mol. The summed E-state index contributed by atoms with van der Waals surface area (Å²) in [6.45, 7) is 0. The highest BCUT2D eigenvalue weighted by atomic mass is 16.3. The number of hydrogen-bond donors (Lipinski definition) is 3. The smallest absolute Gasteiger partial charge is 0.162 e. The molecule has 3 N–H and O–H groups in total. The van der Waals surface area contributed by atoms with Crippen molar-refractivity contribution in [2.24, 2.45) is 0 Å². The molecule has 1 aliphatic rings. The summed E-state index contributed by atoms with van der Waals surface area (Å²) < 4.78 is 0. The van der Waals surface area contributed by atoms with Gasteiger partial charge < -0.3 is 15.5 Å². The van der Waals surface area contributed by atoms with Crippen molar-refractivity contribution >= 4 is 0 Å². The fraction of sp³-hybridized carbons (Fsp3) is 0.400. The SMILES string of the molecule is CNC1(c2cccc(O)c2O)CC1. The molecule has 1 aromatic rings. The summed E-state index contributed by atoms with van der Waals surface area (Å²) in [6.07, 6.45) is 2.03. The lowest BCUT2D eigenvalue weighted by molar-refractivity contribution is 0.390. The minimum absolute atomic E-state index is 0.00866. The zero-order valence-corrected chi connectivity index (χ0v) is 7.54. The molecule has 1 aromatic carbocycles. The first kappa shape index (κ1) is 8.38. The molecular weight excluding hydrogens is 166 g/mol. The maximum Gasteiger partial charge on any atom is 0.162 e. The van der Waals surface area contributed by atoms with E-state index in [4.69, 9.17) is 0 Å². The van der Waals surface area contributed by atoms with Crippen LogP contribution in [0.5, 0.6) is 11.5 Å². The average Bonchev–Trinajstić information content (AvgIpc) is 2.90. The average molecular weight is 179 g/mol. The molecule has 13 heavy (non-hydrogen) atoms. The molecule has 0 heterocycles. The fourth-order valence-electron chi connectivity index (χ4n) is 1.70. The molecule has 70 valence electrons. The first-order valence-corrected chi connectivity index (χ1v) is 4.40. The molecule has 1 fully saturated rings. The molecule has 0 atom stereocenters. The Labute approximate surface area is 77.0 Å². The molecule has 0 aromatic heterocycles. The third kappa shape index (κ3) is 1.16. The summed E-state index contributed by atoms with van der Waals surface area (Å²) in [4.78, 5) is 0. The Balaban J connectivity index is 2.46. The van der Waals surface area contributed by atoms with Crippen molar-refractivity contribution in [2.75, 3.05) is 7.05 Å². The molecule has 0 spiro atoms. The van der Waals surface area contributed by atoms with Crippen LogP contribution in [0, 0.1) is 0 Å². The molecular formula is C10H13NO2. The molecule has 0 unspecified atom stereocenters. The number of phenolic OH excluding ortho intramolecular Hbond substituents is 2. The summed E-state index contributed by atoms with van der Waals surface area (Å²) in [5, 5.41) is 22.1. The second kappa shape index (κ2) is 2.64. The van der Waals surface area contributed by atoms with Crippen LogP contribution in [0.4, 0.5) is 0 Å². The van der Waals surface area contributed by atoms with Gasteiger partial charge in [0.1, 0.15) is 0 Å². The number of aromatic hydroxyl groups is 2. The standard InChI is InChI=1S/C10H13NO2/c1-11-10(5-6-10)7-3-2-4-8(12)9(7)13/h2-4,11-13H,5-6H2,1H3. The van der Waals surface area contributed by atoms with E-state index in [-0.39, 0.29) is 17.0 Å². The van der Waals surface area contributed by atoms with E-state index in [0.29, 0.717) is 0 Å². The van der Waals surface area contributed by atoms with Gasteiger partial charge in [0.25, 0.3) is 0 Å². The van der Waals surface area contributed by atoms with Gasteiger partial charge in [0.05, 0.1) is 0 Å². The number of benzene rings is 1. The van der Waals surface area contributed by atoms with Gasteiger partial charge in [-0.1, -0.05) is 12.1 Å². The number of rotatable bonds is 2. The van der Waals surface area contributed by atoms with Crippen LogP contribution in [-0.2, 0) is 5.54 Å². The quantitative estimate of drug-likeness (QED) is 0.600. The van der Waals surface area contributed by atoms with Gasteiger partial charge >= 0.3 is 0 Å². The van der Waals surface area contributed by atoms with Crippen molar-refractivity contribution in [3.8, 4) is 11.5 Å². The minimum atomic E-state index is -0.0944. The maximum absolute atomic E-state index is 9.61. The molecule has 0 radical (unpaired) electrons. The van der Waals surface area contributed by atoms with Gasteiger partial charge in [-0.25, -0.2) is 0 Å². The van der Waals surface area contributed by atoms with Gasteiger partial charge in [-0.15, -0.1) is 0 Å². The van der Waals surface area contributed by atoms with Crippen LogP contribution in [-0.4, -0.2) is 17.3 Å². The monoisotopic (exact) mass is 179 g/mol. The molecule has 0 aliphatic heterocycles. The molecule has 3 heteroatoms. The number of hydrogen-bond acceptors (Lipinski definition) is 3. The van der Waals surface area contributed by atoms with E-state index in [2.05, 4.69) is 5.32 Å². The third-order valence-electron chi connectivity index (χ3n) is 2.76. The first-order valence-electron chi connectivity index (χ1n) is 4.40. The van der Waals surface area contributed by atoms with E-state index < -0.39 is 0 Å². The zero-order chi connectivity index (χ0) is 9.47. The Morgan fingerprint density at radius 3 is 2.54 bits per heavy atom. The van der Waals surface area contributed by atoms with Crippen LogP contribution in [0.15, 0.2) is 18.2 Å². The van der Waals surface area contributed by atoms with Gasteiger partial charge in [-0.05, 0) is 26.0 Å². The normalized spacial score (nSPS) is 18.5. The molecule has 0 bridgehead atoms. The van der Waals surface area contributed by atoms with Crippen LogP contribution < -0.4 is 5.32 Å². The van der Waals surface area contributed by atoms with Crippen LogP contribution in [0.3, 0.4) is 0 Å². The lowest BCUT2D eigenvalue weighted by Crippen LogP contribution is -2.24. The Hall–Kier alpha value is -1.22. The lowest BCUT2D eigenvalue weighted by atomic mass is 10.0. The summed E-state index contributed by atoms with van der Waals surface area (Å²) in [5.41, 5.74) is 0.707. The topological polar surface area (TPSA) is 52.5 Å². The van der Waals surface area contributed by atoms with Gasteiger partial charge in [-0.2, -0.15) is 0 Å². The van der Waals surface area contributed by atoms with Gasteiger partial charge in [0.15, 0.2) is 11.5 Å². The van der Waals surface area contributed by atoms with E-state index in [0.717, 1.165) is 18.4 Å². The van der Waals surface area contributed by atoms with Crippen molar-refractivity contribution in [2.45, 2.75) is 18.4 Å². The fourth-order valence-corrected chi connectivity index (χ4v) is 1.70. The van der Waals surface area contributed by atoms with E-state index in [1.807, 2.05) is 13.1 Å². The molecule has 0 amide bonds. The third-order valence-corrected chi connectivity index (χ3v) is 2.76. The van der Waals surface area contributed by atoms with Crippen molar-refractivity contribution in [1.82, 2.24) is 5.32 Å². The van der Waals surface area contributed by atoms with E-state index in [1.165, 1.54) is 6.07 Å². The Morgan fingerprint density at radius 2 is 2.00 bits per heavy atom. The van der Waals surface area contributed by atoms with Crippen LogP contribution in [0.25, 0.3) is 0 Å². The van der Waals surface area contributed by atoms with E-state index in [1.54, 1.807) is 6.07 Å². The molecule has 1 aliphatic carbocycles. The highest BCUT2D eigenvalue weighted by molar-refractivity contribution is 5.49. The lowest BCUT2D eigenvalue weighted by Gasteiger charge is -2.16. The number of nitrogens with one attached hydrogen (secondary N) is 1. The molecule has 0 saturated heterocycles. The summed E-state index contributed by atoms with van der Waals surface area (Å²) in [5.74, 6) is -0.0339. The molecule has 3 nitrogen and oxygen atoms in total. The number of phenols is 2. The first-order chi connectivity index (χ1) is 6.19. The van der Waals surface area contributed by atoms with Crippen molar-refractivity contribution in [1.29, 1.82) is 0 Å². The van der Waals surface area contributed by atoms with Crippen molar-refractivity contribution in [3.63, 3.8) is 0 Å². The summed E-state index contributed by atoms with van der Waals surface area (Å²) in [6, 6.07) is 5.09. The van der Waals surface area contributed by atoms with E-state index >= 15 is 0 Å².